The summed E-state index contributed by atoms with van der Waals surface area (Å²) in [5.74, 6) is 0. The minimum absolute atomic E-state index is 0.0213. The quantitative estimate of drug-likeness (QED) is 0.354. The number of aromatic nitrogens is 1. The van der Waals surface area contributed by atoms with Gasteiger partial charge in [0.05, 0.1) is 0 Å². The number of pyridine rings is 1. The number of nitrogens with one attached hydrogen (secondary N) is 1. The molecule has 0 bridgehead atoms. The summed E-state index contributed by atoms with van der Waals surface area (Å²) in [6.07, 6.45) is 0.827. The number of H-pyrrole nitrogens is 1. The van der Waals surface area contributed by atoms with Crippen molar-refractivity contribution in [3.63, 3.8) is 0 Å². The molecule has 3 N–H and O–H groups in total. The first-order chi connectivity index (χ1) is 8.25. The third kappa shape index (κ3) is 0.940. The van der Waals surface area contributed by atoms with E-state index in [2.05, 4.69) is 11.1 Å². The van der Waals surface area contributed by atoms with Gasteiger partial charge in [0.1, 0.15) is 0 Å². The largest absolute Gasteiger partial charge is 0.398 e. The van der Waals surface area contributed by atoms with Gasteiger partial charge in [-0.25, -0.2) is 0 Å². The van der Waals surface area contributed by atoms with E-state index in [-0.39, 0.29) is 5.56 Å². The number of hydrogen-bond donors (Lipinski definition) is 2. The molecule has 2 aromatic carbocycles. The lowest BCUT2D eigenvalue weighted by atomic mass is 10.1. The molecule has 0 amide bonds. The molecule has 82 valence electrons. The summed E-state index contributed by atoms with van der Waals surface area (Å²) in [5.41, 5.74) is 10.0. The van der Waals surface area contributed by atoms with Crippen molar-refractivity contribution in [1.82, 2.24) is 4.98 Å². The predicted molar refractivity (Wildman–Crippen MR) is 69.3 cm³/mol. The lowest BCUT2D eigenvalue weighted by Gasteiger charge is -2.04. The van der Waals surface area contributed by atoms with E-state index in [0.29, 0.717) is 0 Å². The van der Waals surface area contributed by atoms with Gasteiger partial charge in [-0.3, -0.25) is 4.79 Å². The van der Waals surface area contributed by atoms with Gasteiger partial charge in [0.15, 0.2) is 0 Å². The number of nitrogen functional groups attached to an aromatic ring is 1. The fraction of sp³-hybridized carbons (Fsp3) is 0.0714. The van der Waals surface area contributed by atoms with Crippen LogP contribution in [0.5, 0.6) is 0 Å². The van der Waals surface area contributed by atoms with Gasteiger partial charge < -0.3 is 10.7 Å². The molecule has 4 rings (SSSR count). The number of rotatable bonds is 0. The Balaban J connectivity index is 2.44. The van der Waals surface area contributed by atoms with Crippen LogP contribution < -0.4 is 11.3 Å². The molecule has 0 saturated heterocycles. The van der Waals surface area contributed by atoms with Gasteiger partial charge in [-0.15, -0.1) is 0 Å². The minimum Gasteiger partial charge on any atom is -0.398 e. The molecule has 3 aromatic rings. The summed E-state index contributed by atoms with van der Waals surface area (Å²) in [7, 11) is 0. The Labute approximate surface area is 96.9 Å². The van der Waals surface area contributed by atoms with Crippen molar-refractivity contribution >= 4 is 27.4 Å². The Morgan fingerprint density at radius 3 is 2.88 bits per heavy atom. The van der Waals surface area contributed by atoms with E-state index in [1.54, 1.807) is 0 Å². The van der Waals surface area contributed by atoms with E-state index in [9.17, 15) is 4.79 Å². The van der Waals surface area contributed by atoms with E-state index < -0.39 is 0 Å². The third-order valence-corrected chi connectivity index (χ3v) is 3.61. The predicted octanol–water partition coefficient (Wildman–Crippen LogP) is 2.17. The fourth-order valence-corrected chi connectivity index (χ4v) is 2.86. The number of nitrogens with two attached hydrogens (primary N) is 1. The van der Waals surface area contributed by atoms with Crippen LogP contribution in [0.15, 0.2) is 35.1 Å². The van der Waals surface area contributed by atoms with Crippen LogP contribution >= 0.6 is 0 Å². The van der Waals surface area contributed by atoms with E-state index in [1.165, 1.54) is 5.56 Å². The van der Waals surface area contributed by atoms with E-state index in [4.69, 9.17) is 5.73 Å². The number of benzene rings is 2. The van der Waals surface area contributed by atoms with Gasteiger partial charge in [0, 0.05) is 33.8 Å². The summed E-state index contributed by atoms with van der Waals surface area (Å²) in [6.45, 7) is 0. The number of aromatic amines is 1. The standard InChI is InChI=1S/C14H10N2O/c15-10-4-5-11-13-9(10)6-7-2-1-3-8(12(7)13)14(17)16-11/h1-5H,6,15H2,(H,16,17). The first-order valence-electron chi connectivity index (χ1n) is 5.60. The van der Waals surface area contributed by atoms with Gasteiger partial charge in [0.25, 0.3) is 5.56 Å². The summed E-state index contributed by atoms with van der Waals surface area (Å²) in [6, 6.07) is 9.62. The molecule has 3 nitrogen and oxygen atoms in total. The number of hydrogen-bond acceptors (Lipinski definition) is 2. The molecule has 1 aliphatic rings. The van der Waals surface area contributed by atoms with Crippen LogP contribution in [0.4, 0.5) is 5.69 Å². The third-order valence-electron chi connectivity index (χ3n) is 3.61. The first-order valence-corrected chi connectivity index (χ1v) is 5.60. The Bertz CT molecular complexity index is 846. The van der Waals surface area contributed by atoms with E-state index in [0.717, 1.165) is 39.3 Å². The average Bonchev–Trinajstić information content (AvgIpc) is 2.72. The van der Waals surface area contributed by atoms with E-state index in [1.807, 2.05) is 24.3 Å². The van der Waals surface area contributed by atoms with Gasteiger partial charge in [0.2, 0.25) is 0 Å². The maximum absolute atomic E-state index is 12.0. The average molecular weight is 222 g/mol. The highest BCUT2D eigenvalue weighted by molar-refractivity contribution is 6.13. The Morgan fingerprint density at radius 1 is 1.12 bits per heavy atom. The van der Waals surface area contributed by atoms with E-state index >= 15 is 0 Å². The molecular formula is C14H10N2O. The van der Waals surface area contributed by atoms with Gasteiger partial charge in [-0.1, -0.05) is 12.1 Å². The van der Waals surface area contributed by atoms with Crippen molar-refractivity contribution in [2.45, 2.75) is 6.42 Å². The molecule has 1 aromatic heterocycles. The van der Waals surface area contributed by atoms with Crippen molar-refractivity contribution in [1.29, 1.82) is 0 Å². The van der Waals surface area contributed by atoms with Crippen molar-refractivity contribution in [3.8, 4) is 0 Å². The molecule has 0 aliphatic heterocycles. The lowest BCUT2D eigenvalue weighted by Crippen LogP contribution is -2.06. The highest BCUT2D eigenvalue weighted by Gasteiger charge is 2.20. The van der Waals surface area contributed by atoms with Crippen molar-refractivity contribution in [2.75, 3.05) is 5.73 Å². The molecule has 0 fully saturated rings. The second kappa shape index (κ2) is 2.69. The highest BCUT2D eigenvalue weighted by Crippen LogP contribution is 2.38. The zero-order valence-corrected chi connectivity index (χ0v) is 9.08. The fourth-order valence-electron chi connectivity index (χ4n) is 2.86. The van der Waals surface area contributed by atoms with Crippen LogP contribution in [-0.4, -0.2) is 4.98 Å². The zero-order valence-electron chi connectivity index (χ0n) is 9.08. The smallest absolute Gasteiger partial charge is 0.256 e. The summed E-state index contributed by atoms with van der Waals surface area (Å²) >= 11 is 0. The van der Waals surface area contributed by atoms with Crippen molar-refractivity contribution in [3.05, 3.63) is 51.8 Å². The lowest BCUT2D eigenvalue weighted by molar-refractivity contribution is 1.28. The van der Waals surface area contributed by atoms with Crippen LogP contribution in [0.3, 0.4) is 0 Å². The normalized spacial score (nSPS) is 12.9. The Morgan fingerprint density at radius 2 is 2.00 bits per heavy atom. The number of anilines is 1. The maximum Gasteiger partial charge on any atom is 0.256 e. The van der Waals surface area contributed by atoms with Crippen LogP contribution in [0.1, 0.15) is 11.1 Å². The molecule has 0 spiro atoms. The molecule has 1 heterocycles. The Kier molecular flexibility index (Phi) is 1.39. The van der Waals surface area contributed by atoms with Crippen molar-refractivity contribution in [2.24, 2.45) is 0 Å². The second-order valence-electron chi connectivity index (χ2n) is 4.53. The summed E-state index contributed by atoms with van der Waals surface area (Å²) in [4.78, 5) is 14.9. The first kappa shape index (κ1) is 8.82. The monoisotopic (exact) mass is 222 g/mol. The Hall–Kier alpha value is -2.29. The zero-order chi connectivity index (χ0) is 11.6. The molecule has 0 atom stereocenters. The molecule has 0 radical (unpaired) electrons. The second-order valence-corrected chi connectivity index (χ2v) is 4.53. The van der Waals surface area contributed by atoms with Gasteiger partial charge >= 0.3 is 0 Å². The van der Waals surface area contributed by atoms with Crippen molar-refractivity contribution < 1.29 is 0 Å². The molecular weight excluding hydrogens is 212 g/mol. The summed E-state index contributed by atoms with van der Waals surface area (Å²) < 4.78 is 0. The van der Waals surface area contributed by atoms with Crippen LogP contribution in [0.2, 0.25) is 0 Å². The molecule has 3 heteroatoms. The van der Waals surface area contributed by atoms with Gasteiger partial charge in [-0.2, -0.15) is 0 Å². The molecule has 0 unspecified atom stereocenters. The van der Waals surface area contributed by atoms with Crippen LogP contribution in [-0.2, 0) is 6.42 Å². The van der Waals surface area contributed by atoms with Crippen LogP contribution in [0, 0.1) is 0 Å². The highest BCUT2D eigenvalue weighted by atomic mass is 16.1. The maximum atomic E-state index is 12.0. The SMILES string of the molecule is Nc1ccc2[nH]c(=O)c3cccc4c3c2c1C4. The minimum atomic E-state index is -0.0213. The molecule has 17 heavy (non-hydrogen) atoms. The topological polar surface area (TPSA) is 58.9 Å². The van der Waals surface area contributed by atoms with Crippen LogP contribution in [0.25, 0.3) is 21.7 Å². The summed E-state index contributed by atoms with van der Waals surface area (Å²) in [5, 5.41) is 2.96. The molecule has 1 aliphatic carbocycles. The van der Waals surface area contributed by atoms with Gasteiger partial charge in [-0.05, 0) is 29.3 Å². The molecule has 0 saturated carbocycles.